The van der Waals surface area contributed by atoms with Gasteiger partial charge in [0, 0.05) is 0 Å². The van der Waals surface area contributed by atoms with Crippen molar-refractivity contribution in [2.24, 2.45) is 17.8 Å². The Morgan fingerprint density at radius 3 is 2.05 bits per heavy atom. The summed E-state index contributed by atoms with van der Waals surface area (Å²) in [5.74, 6) is 2.14. The lowest BCUT2D eigenvalue weighted by atomic mass is 9.54. The fraction of sp³-hybridized carbons (Fsp3) is 0.526. The minimum Gasteiger partial charge on any atom is -0.455 e. The molecule has 0 N–H and O–H groups in total. The van der Waals surface area contributed by atoms with Crippen LogP contribution in [0.2, 0.25) is 0 Å². The molecule has 21 heavy (non-hydrogen) atoms. The van der Waals surface area contributed by atoms with E-state index in [0.29, 0.717) is 5.57 Å². The Morgan fingerprint density at radius 1 is 1.00 bits per heavy atom. The molecule has 4 aliphatic carbocycles. The molecule has 0 spiro atoms. The highest BCUT2D eigenvalue weighted by atomic mass is 16.6. The predicted octanol–water partition coefficient (Wildman–Crippen LogP) is 4.21. The van der Waals surface area contributed by atoms with E-state index in [1.807, 2.05) is 30.3 Å². The third kappa shape index (κ3) is 2.31. The van der Waals surface area contributed by atoms with E-state index in [9.17, 15) is 4.79 Å². The van der Waals surface area contributed by atoms with Crippen LogP contribution in [0.4, 0.5) is 0 Å². The number of hydrogen-bond donors (Lipinski definition) is 0. The first kappa shape index (κ1) is 13.1. The molecule has 4 bridgehead atoms. The highest BCUT2D eigenvalue weighted by molar-refractivity contribution is 6.15. The Morgan fingerprint density at radius 2 is 1.52 bits per heavy atom. The van der Waals surface area contributed by atoms with Crippen molar-refractivity contribution in [3.63, 3.8) is 0 Å². The molecule has 4 fully saturated rings. The maximum Gasteiger partial charge on any atom is 0.338 e. The van der Waals surface area contributed by atoms with Gasteiger partial charge in [-0.1, -0.05) is 36.9 Å². The van der Waals surface area contributed by atoms with Crippen LogP contribution < -0.4 is 0 Å². The molecule has 0 aromatic heterocycles. The second-order valence-corrected chi connectivity index (χ2v) is 7.33. The molecule has 0 unspecified atom stereocenters. The van der Waals surface area contributed by atoms with Crippen molar-refractivity contribution in [3.05, 3.63) is 42.5 Å². The van der Waals surface area contributed by atoms with E-state index >= 15 is 0 Å². The zero-order chi connectivity index (χ0) is 14.4. The maximum atomic E-state index is 12.5. The average molecular weight is 282 g/mol. The lowest BCUT2D eigenvalue weighted by molar-refractivity contribution is -0.179. The van der Waals surface area contributed by atoms with Gasteiger partial charge < -0.3 is 4.74 Å². The van der Waals surface area contributed by atoms with Crippen molar-refractivity contribution in [2.45, 2.75) is 44.1 Å². The molecule has 4 saturated carbocycles. The standard InChI is InChI=1S/C19H22O2/c1-13(17-5-3-2-4-6-17)18(20)21-19-10-14-7-15(11-19)9-16(8-14)12-19/h2-6,14-16H,1,7-12H2. The molecular formula is C19H22O2. The number of ether oxygens (including phenoxy) is 1. The molecule has 1 aromatic rings. The van der Waals surface area contributed by atoms with Crippen LogP contribution in [0.15, 0.2) is 36.9 Å². The van der Waals surface area contributed by atoms with Crippen molar-refractivity contribution in [3.8, 4) is 0 Å². The van der Waals surface area contributed by atoms with E-state index in [1.54, 1.807) is 0 Å². The third-order valence-corrected chi connectivity index (χ3v) is 5.66. The Hall–Kier alpha value is -1.57. The van der Waals surface area contributed by atoms with Gasteiger partial charge in [0.15, 0.2) is 0 Å². The molecule has 0 radical (unpaired) electrons. The molecule has 2 heteroatoms. The molecule has 0 saturated heterocycles. The normalized spacial score (nSPS) is 36.5. The van der Waals surface area contributed by atoms with Gasteiger partial charge in [0.05, 0.1) is 5.57 Å². The zero-order valence-corrected chi connectivity index (χ0v) is 12.4. The summed E-state index contributed by atoms with van der Waals surface area (Å²) in [6, 6.07) is 9.64. The van der Waals surface area contributed by atoms with Gasteiger partial charge in [-0.2, -0.15) is 0 Å². The van der Waals surface area contributed by atoms with E-state index in [4.69, 9.17) is 4.74 Å². The number of carbonyl (C=O) groups excluding carboxylic acids is 1. The fourth-order valence-electron chi connectivity index (χ4n) is 5.17. The number of rotatable bonds is 3. The van der Waals surface area contributed by atoms with Crippen molar-refractivity contribution in [1.82, 2.24) is 0 Å². The van der Waals surface area contributed by atoms with E-state index < -0.39 is 0 Å². The van der Waals surface area contributed by atoms with Gasteiger partial charge in [-0.05, 0) is 61.8 Å². The van der Waals surface area contributed by atoms with Crippen LogP contribution in [0, 0.1) is 17.8 Å². The second kappa shape index (κ2) is 4.72. The fourth-order valence-corrected chi connectivity index (χ4v) is 5.17. The molecule has 0 aliphatic heterocycles. The number of benzene rings is 1. The van der Waals surface area contributed by atoms with Gasteiger partial charge in [0.25, 0.3) is 0 Å². The Kier molecular flexibility index (Phi) is 2.95. The summed E-state index contributed by atoms with van der Waals surface area (Å²) >= 11 is 0. The van der Waals surface area contributed by atoms with E-state index in [-0.39, 0.29) is 11.6 Å². The van der Waals surface area contributed by atoms with Crippen molar-refractivity contribution in [2.75, 3.05) is 0 Å². The Balaban J connectivity index is 1.51. The summed E-state index contributed by atoms with van der Waals surface area (Å²) in [4.78, 5) is 12.5. The molecule has 110 valence electrons. The highest BCUT2D eigenvalue weighted by Gasteiger charge is 2.53. The summed E-state index contributed by atoms with van der Waals surface area (Å²) < 4.78 is 6.03. The van der Waals surface area contributed by atoms with E-state index in [2.05, 4.69) is 6.58 Å². The monoisotopic (exact) mass is 282 g/mol. The Labute approximate surface area is 126 Å². The third-order valence-electron chi connectivity index (χ3n) is 5.66. The smallest absolute Gasteiger partial charge is 0.338 e. The van der Waals surface area contributed by atoms with Crippen LogP contribution in [0.25, 0.3) is 5.57 Å². The predicted molar refractivity (Wildman–Crippen MR) is 82.5 cm³/mol. The van der Waals surface area contributed by atoms with Gasteiger partial charge in [-0.3, -0.25) is 0 Å². The van der Waals surface area contributed by atoms with Gasteiger partial charge in [-0.25, -0.2) is 4.79 Å². The van der Waals surface area contributed by atoms with Crippen molar-refractivity contribution >= 4 is 11.5 Å². The molecule has 4 aliphatic rings. The topological polar surface area (TPSA) is 26.3 Å². The lowest BCUT2D eigenvalue weighted by Gasteiger charge is -2.55. The van der Waals surface area contributed by atoms with Gasteiger partial charge in [-0.15, -0.1) is 0 Å². The summed E-state index contributed by atoms with van der Waals surface area (Å²) in [6.45, 7) is 3.95. The van der Waals surface area contributed by atoms with E-state index in [0.717, 1.165) is 42.6 Å². The average Bonchev–Trinajstić information content (AvgIpc) is 2.45. The number of hydrogen-bond acceptors (Lipinski definition) is 2. The molecular weight excluding hydrogens is 260 g/mol. The van der Waals surface area contributed by atoms with Crippen LogP contribution in [0.5, 0.6) is 0 Å². The highest BCUT2D eigenvalue weighted by Crippen LogP contribution is 2.57. The number of carbonyl (C=O) groups is 1. The summed E-state index contributed by atoms with van der Waals surface area (Å²) in [6.07, 6.45) is 7.30. The maximum absolute atomic E-state index is 12.5. The van der Waals surface area contributed by atoms with Gasteiger partial charge >= 0.3 is 5.97 Å². The molecule has 0 atom stereocenters. The molecule has 5 rings (SSSR count). The lowest BCUT2D eigenvalue weighted by Crippen LogP contribution is -2.52. The summed E-state index contributed by atoms with van der Waals surface area (Å²) in [5, 5.41) is 0. The van der Waals surface area contributed by atoms with Gasteiger partial charge in [0.2, 0.25) is 0 Å². The minimum absolute atomic E-state index is 0.177. The second-order valence-electron chi connectivity index (χ2n) is 7.33. The van der Waals surface area contributed by atoms with Crippen LogP contribution in [0.3, 0.4) is 0 Å². The quantitative estimate of drug-likeness (QED) is 0.613. The van der Waals surface area contributed by atoms with Crippen LogP contribution in [-0.2, 0) is 9.53 Å². The summed E-state index contributed by atoms with van der Waals surface area (Å²) in [5.41, 5.74) is 1.18. The molecule has 1 aromatic carbocycles. The molecule has 0 heterocycles. The molecule has 2 nitrogen and oxygen atoms in total. The largest absolute Gasteiger partial charge is 0.455 e. The first-order valence-corrected chi connectivity index (χ1v) is 8.11. The van der Waals surface area contributed by atoms with Crippen molar-refractivity contribution in [1.29, 1.82) is 0 Å². The Bertz CT molecular complexity index is 537. The van der Waals surface area contributed by atoms with E-state index in [1.165, 1.54) is 19.3 Å². The minimum atomic E-state index is -0.219. The SMILES string of the molecule is C=C(C(=O)OC12CC3CC(CC(C3)C1)C2)c1ccccc1. The van der Waals surface area contributed by atoms with Crippen molar-refractivity contribution < 1.29 is 9.53 Å². The number of esters is 1. The van der Waals surface area contributed by atoms with Gasteiger partial charge in [0.1, 0.15) is 5.60 Å². The molecule has 0 amide bonds. The van der Waals surface area contributed by atoms with Crippen LogP contribution >= 0.6 is 0 Å². The van der Waals surface area contributed by atoms with Crippen LogP contribution in [-0.4, -0.2) is 11.6 Å². The first-order valence-electron chi connectivity index (χ1n) is 8.11. The first-order chi connectivity index (χ1) is 10.1. The van der Waals surface area contributed by atoms with Crippen LogP contribution in [0.1, 0.15) is 44.1 Å². The summed E-state index contributed by atoms with van der Waals surface area (Å²) in [7, 11) is 0. The zero-order valence-electron chi connectivity index (χ0n) is 12.4.